The summed E-state index contributed by atoms with van der Waals surface area (Å²) in [4.78, 5) is 130. The van der Waals surface area contributed by atoms with Gasteiger partial charge in [-0.05, 0) is 145 Å². The van der Waals surface area contributed by atoms with Crippen molar-refractivity contribution in [3.05, 3.63) is 127 Å². The standard InChI is InChI=1S/C29H32N4O8.C22H27NO4.C7H7N3O4.S6/c1-15-16(2)29(5)27(3,28(15,4)32(41-29)26(37)30-19-8-10-20(11-9-19)33(38)39)14-40-21(34)13-31-24(35)22-17-6-7-18(12-17)23(22)25(31)36;1-11-12(2)14(4)22(5,13(11)3)10-27-17(24)9-23-20(25)18-15-6-7-16(8-15)19(18)21(23)26;11-7(9-12)8-5-1-3-6(4-2-5)10(13)14;1-3-5-6-4-2/h6-11,17-18,22-23H,12-14H2,1-5H3,(H,30,37);6-7,15-16,18-19H,8-10H2,1-5H3;1-4,12H,(H2,8,9,11);. The molecule has 3 heterocycles. The van der Waals surface area contributed by atoms with Crippen LogP contribution in [0.5, 0.6) is 0 Å². The average molecular weight is 1320 g/mol. The lowest BCUT2D eigenvalue weighted by atomic mass is 9.66. The molecule has 8 amide bonds. The maximum Gasteiger partial charge on any atom is 0.346 e. The first-order chi connectivity index (χ1) is 41.4. The van der Waals surface area contributed by atoms with Gasteiger partial charge in [0.25, 0.3) is 11.4 Å². The van der Waals surface area contributed by atoms with Gasteiger partial charge in [0.05, 0.1) is 38.9 Å². The molecule has 2 aromatic rings. The maximum atomic E-state index is 13.4. The van der Waals surface area contributed by atoms with E-state index >= 15 is 0 Å². The summed E-state index contributed by atoms with van der Waals surface area (Å²) in [5.74, 6) is -3.17. The summed E-state index contributed by atoms with van der Waals surface area (Å²) in [6, 6.07) is 9.24. The zero-order chi connectivity index (χ0) is 64.7. The Balaban J connectivity index is 0.000000182. The quantitative estimate of drug-likeness (QED) is 0.0394. The first-order valence-corrected chi connectivity index (χ1v) is 34.5. The van der Waals surface area contributed by atoms with Gasteiger partial charge in [-0.2, -0.15) is 5.06 Å². The Hall–Kier alpha value is -7.06. The van der Waals surface area contributed by atoms with E-state index in [4.69, 9.17) is 19.5 Å². The summed E-state index contributed by atoms with van der Waals surface area (Å²) in [5, 5.41) is 35.6. The van der Waals surface area contributed by atoms with Gasteiger partial charge in [0, 0.05) is 99.0 Å². The third kappa shape index (κ3) is 11.9. The number of nitro groups is 2. The number of nitrogens with zero attached hydrogens (tertiary/aromatic N) is 5. The SMILES string of the molecule is CC1=C(C)C(C)(COC(=O)CN2C(=O)C3C4C=CC(C4)C3C2=O)C(C)=C1C.CC1=C(C)C2(C)N(C(=O)Nc3ccc([N+](=O)[O-])cc3)OC1(C)C2(C)COC(=O)CN1C(=O)C2C3C=CC(C3)C2C1=O.O=C(NO)Nc1ccc([N+](=O)[O-])cc1.S=S=S=S=S=S. The van der Waals surface area contributed by atoms with E-state index in [0.29, 0.717) is 11.4 Å². The molecule has 5 fully saturated rings. The van der Waals surface area contributed by atoms with Crippen molar-refractivity contribution in [3.63, 3.8) is 0 Å². The second-order valence-corrected chi connectivity index (χ2v) is 30.7. The summed E-state index contributed by atoms with van der Waals surface area (Å²) < 4.78 is 11.3. The molecule has 24 nitrogen and oxygen atoms in total. The number of imide groups is 2. The molecule has 3 saturated heterocycles. The van der Waals surface area contributed by atoms with Crippen molar-refractivity contribution >= 4 is 128 Å². The molecule has 9 aliphatic rings. The van der Waals surface area contributed by atoms with Gasteiger partial charge in [0.1, 0.15) is 37.4 Å². The summed E-state index contributed by atoms with van der Waals surface area (Å²) in [6.45, 7) is 19.1. The van der Waals surface area contributed by atoms with Crippen LogP contribution in [0, 0.1) is 78.4 Å². The number of rotatable bonds is 12. The number of amides is 8. The molecule has 2 saturated carbocycles. The number of hydrogen-bond acceptors (Lipinski definition) is 18. The van der Waals surface area contributed by atoms with E-state index in [1.54, 1.807) is 0 Å². The Kier molecular flexibility index (Phi) is 19.9. The lowest BCUT2D eigenvalue weighted by Gasteiger charge is -2.41. The van der Waals surface area contributed by atoms with Crippen LogP contribution >= 0.6 is 0 Å². The number of non-ortho nitro benzene ring substituents is 2. The van der Waals surface area contributed by atoms with Gasteiger partial charge >= 0.3 is 24.0 Å². The minimum Gasteiger partial charge on any atom is -0.464 e. The first-order valence-electron chi connectivity index (χ1n) is 27.8. The summed E-state index contributed by atoms with van der Waals surface area (Å²) in [6.07, 6.45) is 9.79. The molecule has 88 heavy (non-hydrogen) atoms. The zero-order valence-electron chi connectivity index (χ0n) is 49.5. The Labute approximate surface area is 527 Å². The molecule has 3 aliphatic heterocycles. The monoisotopic (exact) mass is 1320 g/mol. The van der Waals surface area contributed by atoms with Crippen LogP contribution in [0.1, 0.15) is 82.1 Å². The molecule has 0 radical (unpaired) electrons. The van der Waals surface area contributed by atoms with Gasteiger partial charge in [0.15, 0.2) is 0 Å². The molecule has 11 rings (SSSR count). The van der Waals surface area contributed by atoms with Crippen LogP contribution in [0.2, 0.25) is 0 Å². The number of nitro benzene ring substituents is 2. The van der Waals surface area contributed by atoms with Crippen LogP contribution in [-0.4, -0.2) is 115 Å². The van der Waals surface area contributed by atoms with Crippen LogP contribution in [0.4, 0.5) is 32.3 Å². The van der Waals surface area contributed by atoms with Gasteiger partial charge in [-0.1, -0.05) is 42.4 Å². The highest BCUT2D eigenvalue weighted by Crippen LogP contribution is 2.65. The Bertz CT molecular complexity index is 3580. The number of anilines is 2. The molecule has 0 aromatic heterocycles. The third-order valence-electron chi connectivity index (χ3n) is 19.9. The summed E-state index contributed by atoms with van der Waals surface area (Å²) in [7, 11) is 5.63. The predicted octanol–water partition coefficient (Wildman–Crippen LogP) is 7.72. The van der Waals surface area contributed by atoms with Gasteiger partial charge in [-0.25, -0.2) is 15.1 Å². The van der Waals surface area contributed by atoms with Gasteiger partial charge in [0.2, 0.25) is 23.6 Å². The molecule has 470 valence electrons. The smallest absolute Gasteiger partial charge is 0.346 e. The highest BCUT2D eigenvalue weighted by Gasteiger charge is 2.75. The molecular weight excluding hydrogens is 1260 g/mol. The molecule has 11 atom stereocenters. The number of likely N-dealkylation sites (tertiary alicyclic amines) is 2. The second-order valence-electron chi connectivity index (χ2n) is 23.6. The summed E-state index contributed by atoms with van der Waals surface area (Å²) >= 11 is 9.03. The molecule has 11 unspecified atom stereocenters. The van der Waals surface area contributed by atoms with Crippen LogP contribution in [0.3, 0.4) is 0 Å². The minimum atomic E-state index is -1.03. The van der Waals surface area contributed by atoms with Crippen LogP contribution in [0.15, 0.2) is 106 Å². The minimum absolute atomic E-state index is 0.0488. The topological polar surface area (TPSA) is 317 Å². The molecule has 4 N–H and O–H groups in total. The number of ether oxygens (including phenoxy) is 2. The number of hydroxylamine groups is 3. The normalized spacial score (nSPS) is 29.1. The van der Waals surface area contributed by atoms with Crippen LogP contribution < -0.4 is 16.1 Å². The number of fused-ring (bicyclic) bond motifs is 12. The number of benzene rings is 2. The Morgan fingerprint density at radius 1 is 0.614 bits per heavy atom. The summed E-state index contributed by atoms with van der Waals surface area (Å²) in [5.41, 5.74) is 5.28. The van der Waals surface area contributed by atoms with Crippen LogP contribution in [0.25, 0.3) is 0 Å². The van der Waals surface area contributed by atoms with Crippen molar-refractivity contribution in [1.82, 2.24) is 20.3 Å². The number of allylic oxidation sites excluding steroid dienone is 6. The van der Waals surface area contributed by atoms with Crippen molar-refractivity contribution in [1.29, 1.82) is 0 Å². The van der Waals surface area contributed by atoms with Crippen molar-refractivity contribution in [2.75, 3.05) is 36.9 Å². The molecule has 6 bridgehead atoms. The van der Waals surface area contributed by atoms with Crippen molar-refractivity contribution < 1.29 is 67.7 Å². The second kappa shape index (κ2) is 26.2. The van der Waals surface area contributed by atoms with E-state index in [-0.39, 0.29) is 95.7 Å². The average Bonchev–Trinajstić information content (AvgIpc) is 1.55. The van der Waals surface area contributed by atoms with Gasteiger partial charge in [-0.15, -0.1) is 0 Å². The highest BCUT2D eigenvalue weighted by molar-refractivity contribution is 8.64. The number of hydrogen-bond donors (Lipinski definition) is 4. The molecular formula is C58H66N8O16S6. The number of carbonyl (C=O) groups excluding carboxylic acids is 8. The number of nitrogens with one attached hydrogen (secondary N) is 3. The van der Waals surface area contributed by atoms with E-state index in [9.17, 15) is 58.6 Å². The zero-order valence-corrected chi connectivity index (χ0v) is 54.4. The van der Waals surface area contributed by atoms with Crippen molar-refractivity contribution in [2.45, 2.75) is 93.2 Å². The van der Waals surface area contributed by atoms with E-state index in [1.165, 1.54) is 117 Å². The predicted molar refractivity (Wildman–Crippen MR) is 335 cm³/mol. The van der Waals surface area contributed by atoms with E-state index in [2.05, 4.69) is 79.8 Å². The highest BCUT2D eigenvalue weighted by atomic mass is 33.3. The van der Waals surface area contributed by atoms with Gasteiger partial charge in [-0.3, -0.25) is 68.8 Å². The lowest BCUT2D eigenvalue weighted by Crippen LogP contribution is -2.56. The van der Waals surface area contributed by atoms with Crippen molar-refractivity contribution in [2.24, 2.45) is 58.2 Å². The van der Waals surface area contributed by atoms with E-state index in [1.807, 2.05) is 46.8 Å². The fourth-order valence-corrected chi connectivity index (χ4v) is 19.5. The van der Waals surface area contributed by atoms with E-state index in [0.717, 1.165) is 33.8 Å². The van der Waals surface area contributed by atoms with Crippen molar-refractivity contribution in [3.8, 4) is 0 Å². The fourth-order valence-electron chi connectivity index (χ4n) is 14.0. The van der Waals surface area contributed by atoms with Gasteiger partial charge < -0.3 is 20.1 Å². The number of carbonyl (C=O) groups is 8. The molecule has 2 aromatic carbocycles. The molecule has 0 spiro atoms. The Morgan fingerprint density at radius 3 is 1.35 bits per heavy atom. The Morgan fingerprint density at radius 2 is 0.989 bits per heavy atom. The fraction of sp³-hybridized carbons (Fsp3) is 0.483. The first kappa shape index (κ1) is 66.9. The van der Waals surface area contributed by atoms with E-state index < -0.39 is 68.8 Å². The molecule has 30 heteroatoms. The largest absolute Gasteiger partial charge is 0.464 e. The maximum absolute atomic E-state index is 13.4. The number of urea groups is 2. The lowest BCUT2D eigenvalue weighted by molar-refractivity contribution is -0.385. The number of esters is 2. The van der Waals surface area contributed by atoms with Crippen LogP contribution in [-0.2, 0) is 101 Å². The third-order valence-corrected chi connectivity index (χ3v) is 26.6. The molecule has 6 aliphatic carbocycles.